The summed E-state index contributed by atoms with van der Waals surface area (Å²) in [5.41, 5.74) is 0.157. The van der Waals surface area contributed by atoms with Crippen molar-refractivity contribution in [3.05, 3.63) is 18.1 Å². The molecule has 0 aliphatic carbocycles. The van der Waals surface area contributed by atoms with E-state index in [4.69, 9.17) is 14.7 Å². The molecule has 0 aromatic carbocycles. The van der Waals surface area contributed by atoms with Gasteiger partial charge in [-0.1, -0.05) is 0 Å². The van der Waals surface area contributed by atoms with E-state index in [1.54, 1.807) is 4.90 Å². The second-order valence-electron chi connectivity index (χ2n) is 4.12. The molecule has 1 fully saturated rings. The zero-order valence-corrected chi connectivity index (χ0v) is 10.6. The van der Waals surface area contributed by atoms with Crippen LogP contribution in [0.5, 0.6) is 5.88 Å². The molecular formula is C12H14N4O3. The first kappa shape index (κ1) is 13.2. The fraction of sp³-hybridized carbons (Fsp3) is 0.500. The number of hydrogen-bond donors (Lipinski definition) is 0. The molecule has 19 heavy (non-hydrogen) atoms. The molecule has 0 spiro atoms. The van der Waals surface area contributed by atoms with Crippen LogP contribution in [-0.2, 0) is 9.53 Å². The predicted octanol–water partition coefficient (Wildman–Crippen LogP) is -0.0256. The van der Waals surface area contributed by atoms with Crippen molar-refractivity contribution in [2.45, 2.75) is 12.5 Å². The molecule has 0 bridgehead atoms. The third kappa shape index (κ3) is 3.17. The van der Waals surface area contributed by atoms with Gasteiger partial charge in [0.2, 0.25) is 11.6 Å². The number of carbonyl (C=O) groups excluding carboxylic acids is 1. The van der Waals surface area contributed by atoms with Gasteiger partial charge in [-0.15, -0.1) is 0 Å². The number of hydrogen-bond acceptors (Lipinski definition) is 6. The maximum Gasteiger partial charge on any atom is 0.251 e. The van der Waals surface area contributed by atoms with Crippen LogP contribution in [0, 0.1) is 11.3 Å². The Bertz CT molecular complexity index is 500. The molecule has 1 aliphatic heterocycles. The molecular weight excluding hydrogens is 248 g/mol. The molecule has 1 amide bonds. The average molecular weight is 262 g/mol. The molecule has 0 N–H and O–H groups in total. The van der Waals surface area contributed by atoms with Crippen LogP contribution < -0.4 is 4.74 Å². The van der Waals surface area contributed by atoms with Gasteiger partial charge in [0.1, 0.15) is 18.8 Å². The molecule has 1 atom stereocenters. The summed E-state index contributed by atoms with van der Waals surface area (Å²) in [6.07, 6.45) is 3.45. The molecule has 1 aliphatic rings. The summed E-state index contributed by atoms with van der Waals surface area (Å²) in [6.45, 7) is 1.17. The van der Waals surface area contributed by atoms with Crippen molar-refractivity contribution in [1.29, 1.82) is 5.26 Å². The van der Waals surface area contributed by atoms with E-state index >= 15 is 0 Å². The van der Waals surface area contributed by atoms with Gasteiger partial charge in [-0.3, -0.25) is 4.79 Å². The Hall–Kier alpha value is -2.20. The van der Waals surface area contributed by atoms with Gasteiger partial charge in [-0.2, -0.15) is 5.26 Å². The highest BCUT2D eigenvalue weighted by molar-refractivity contribution is 5.77. The van der Waals surface area contributed by atoms with E-state index in [9.17, 15) is 4.79 Å². The molecule has 1 aromatic heterocycles. The molecule has 100 valence electrons. The fourth-order valence-corrected chi connectivity index (χ4v) is 1.91. The largest absolute Gasteiger partial charge is 0.470 e. The Morgan fingerprint density at radius 2 is 2.37 bits per heavy atom. The quantitative estimate of drug-likeness (QED) is 0.757. The third-order valence-electron chi connectivity index (χ3n) is 2.81. The van der Waals surface area contributed by atoms with Crippen LogP contribution in [0.15, 0.2) is 12.4 Å². The van der Waals surface area contributed by atoms with Gasteiger partial charge in [0, 0.05) is 32.5 Å². The van der Waals surface area contributed by atoms with Crippen molar-refractivity contribution < 1.29 is 14.3 Å². The van der Waals surface area contributed by atoms with Crippen LogP contribution >= 0.6 is 0 Å². The van der Waals surface area contributed by atoms with Crippen LogP contribution in [-0.4, -0.2) is 53.7 Å². The van der Waals surface area contributed by atoms with Crippen molar-refractivity contribution in [2.75, 3.05) is 26.8 Å². The highest BCUT2D eigenvalue weighted by Crippen LogP contribution is 2.18. The number of nitrogens with zero attached hydrogens (tertiary/aromatic N) is 4. The first-order chi connectivity index (χ1) is 9.24. The van der Waals surface area contributed by atoms with Crippen molar-refractivity contribution in [3.8, 4) is 11.9 Å². The number of methoxy groups -OCH3 is 1. The first-order valence-electron chi connectivity index (χ1n) is 5.89. The summed E-state index contributed by atoms with van der Waals surface area (Å²) in [6, 6.07) is 1.92. The lowest BCUT2D eigenvalue weighted by atomic mass is 10.3. The summed E-state index contributed by atoms with van der Waals surface area (Å²) >= 11 is 0. The molecule has 7 heteroatoms. The van der Waals surface area contributed by atoms with Crippen molar-refractivity contribution >= 4 is 5.91 Å². The highest BCUT2D eigenvalue weighted by atomic mass is 16.5. The van der Waals surface area contributed by atoms with Gasteiger partial charge in [-0.25, -0.2) is 9.97 Å². The SMILES string of the molecule is COCC(=O)N1CC[C@@H](Oc2nccnc2C#N)C1. The van der Waals surface area contributed by atoms with Crippen LogP contribution in [0.3, 0.4) is 0 Å². The predicted molar refractivity (Wildman–Crippen MR) is 64.2 cm³/mol. The number of nitriles is 1. The summed E-state index contributed by atoms with van der Waals surface area (Å²) in [7, 11) is 1.49. The van der Waals surface area contributed by atoms with E-state index in [0.717, 1.165) is 0 Å². The number of aromatic nitrogens is 2. The second kappa shape index (κ2) is 6.11. The minimum absolute atomic E-state index is 0.0618. The number of ether oxygens (including phenoxy) is 2. The molecule has 2 rings (SSSR count). The van der Waals surface area contributed by atoms with Crippen LogP contribution in [0.1, 0.15) is 12.1 Å². The summed E-state index contributed by atoms with van der Waals surface area (Å²) < 4.78 is 10.4. The standard InChI is InChI=1S/C12H14N4O3/c1-18-8-11(17)16-5-2-9(7-16)19-12-10(6-13)14-3-4-15-12/h3-4,9H,2,5,7-8H2,1H3/t9-/m1/s1. The molecule has 1 saturated heterocycles. The number of amides is 1. The molecule has 0 radical (unpaired) electrons. The highest BCUT2D eigenvalue weighted by Gasteiger charge is 2.28. The minimum Gasteiger partial charge on any atom is -0.470 e. The van der Waals surface area contributed by atoms with Crippen molar-refractivity contribution in [3.63, 3.8) is 0 Å². The minimum atomic E-state index is -0.162. The lowest BCUT2D eigenvalue weighted by Gasteiger charge is -2.16. The normalized spacial score (nSPS) is 18.1. The Balaban J connectivity index is 1.95. The lowest BCUT2D eigenvalue weighted by molar-refractivity contribution is -0.134. The maximum atomic E-state index is 11.6. The number of likely N-dealkylation sites (tertiary alicyclic amines) is 1. The summed E-state index contributed by atoms with van der Waals surface area (Å²) in [4.78, 5) is 21.2. The average Bonchev–Trinajstić information content (AvgIpc) is 2.88. The van der Waals surface area contributed by atoms with E-state index in [1.165, 1.54) is 19.5 Å². The molecule has 7 nitrogen and oxygen atoms in total. The van der Waals surface area contributed by atoms with Crippen LogP contribution in [0.4, 0.5) is 0 Å². The third-order valence-corrected chi connectivity index (χ3v) is 2.81. The Labute approximate surface area is 110 Å². The molecule has 1 aromatic rings. The molecule has 2 heterocycles. The van der Waals surface area contributed by atoms with E-state index in [2.05, 4.69) is 9.97 Å². The van der Waals surface area contributed by atoms with Gasteiger partial charge < -0.3 is 14.4 Å². The smallest absolute Gasteiger partial charge is 0.251 e. The Morgan fingerprint density at radius 3 is 3.11 bits per heavy atom. The van der Waals surface area contributed by atoms with E-state index < -0.39 is 0 Å². The number of carbonyl (C=O) groups is 1. The van der Waals surface area contributed by atoms with Gasteiger partial charge in [-0.05, 0) is 0 Å². The van der Waals surface area contributed by atoms with Gasteiger partial charge in [0.25, 0.3) is 5.88 Å². The molecule has 0 unspecified atom stereocenters. The van der Waals surface area contributed by atoms with Gasteiger partial charge in [0.15, 0.2) is 0 Å². The zero-order chi connectivity index (χ0) is 13.7. The maximum absolute atomic E-state index is 11.6. The second-order valence-corrected chi connectivity index (χ2v) is 4.12. The summed E-state index contributed by atoms with van der Waals surface area (Å²) in [5, 5.41) is 8.89. The Morgan fingerprint density at radius 1 is 1.58 bits per heavy atom. The van der Waals surface area contributed by atoms with E-state index in [1.807, 2.05) is 6.07 Å². The first-order valence-corrected chi connectivity index (χ1v) is 5.89. The van der Waals surface area contributed by atoms with Crippen molar-refractivity contribution in [1.82, 2.24) is 14.9 Å². The van der Waals surface area contributed by atoms with Crippen molar-refractivity contribution in [2.24, 2.45) is 0 Å². The summed E-state index contributed by atoms with van der Waals surface area (Å²) in [5.74, 6) is 0.157. The number of rotatable bonds is 4. The monoisotopic (exact) mass is 262 g/mol. The van der Waals surface area contributed by atoms with Gasteiger partial charge >= 0.3 is 0 Å². The zero-order valence-electron chi connectivity index (χ0n) is 10.6. The van der Waals surface area contributed by atoms with E-state index in [0.29, 0.717) is 19.5 Å². The Kier molecular flexibility index (Phi) is 4.26. The van der Waals surface area contributed by atoms with Crippen LogP contribution in [0.2, 0.25) is 0 Å². The molecule has 0 saturated carbocycles. The fourth-order valence-electron chi connectivity index (χ4n) is 1.91. The topological polar surface area (TPSA) is 88.3 Å². The van der Waals surface area contributed by atoms with Gasteiger partial charge in [0.05, 0.1) is 6.54 Å². The lowest BCUT2D eigenvalue weighted by Crippen LogP contribution is -2.33. The van der Waals surface area contributed by atoms with Crippen LogP contribution in [0.25, 0.3) is 0 Å². The van der Waals surface area contributed by atoms with E-state index in [-0.39, 0.29) is 30.2 Å².